The van der Waals surface area contributed by atoms with Gasteiger partial charge in [-0.3, -0.25) is 0 Å². The molecule has 0 aromatic carbocycles. The number of ether oxygens (including phenoxy) is 1. The Morgan fingerprint density at radius 3 is 2.89 bits per heavy atom. The van der Waals surface area contributed by atoms with Crippen molar-refractivity contribution < 1.29 is 4.74 Å². The third-order valence-corrected chi connectivity index (χ3v) is 1.71. The van der Waals surface area contributed by atoms with Gasteiger partial charge in [0.05, 0.1) is 6.10 Å². The quantitative estimate of drug-likeness (QED) is 0.594. The van der Waals surface area contributed by atoms with E-state index in [9.17, 15) is 0 Å². The molecule has 9 heavy (non-hydrogen) atoms. The zero-order valence-electron chi connectivity index (χ0n) is 6.18. The summed E-state index contributed by atoms with van der Waals surface area (Å²) in [6.07, 6.45) is 1.65. The second-order valence-corrected chi connectivity index (χ2v) is 2.62. The van der Waals surface area contributed by atoms with Crippen LogP contribution in [0.3, 0.4) is 0 Å². The van der Waals surface area contributed by atoms with Crippen LogP contribution in [0.2, 0.25) is 0 Å². The van der Waals surface area contributed by atoms with E-state index in [0.29, 0.717) is 12.1 Å². The lowest BCUT2D eigenvalue weighted by Gasteiger charge is -2.06. The Balaban J connectivity index is 2.14. The van der Waals surface area contributed by atoms with E-state index in [-0.39, 0.29) is 0 Å². The van der Waals surface area contributed by atoms with Crippen molar-refractivity contribution in [3.63, 3.8) is 0 Å². The van der Waals surface area contributed by atoms with Crippen LogP contribution < -0.4 is 5.32 Å². The lowest BCUT2D eigenvalue weighted by Crippen LogP contribution is -2.18. The summed E-state index contributed by atoms with van der Waals surface area (Å²) in [6.45, 7) is 6.12. The number of hydrogen-bond acceptors (Lipinski definition) is 2. The lowest BCUT2D eigenvalue weighted by atomic mass is 10.2. The van der Waals surface area contributed by atoms with E-state index in [1.807, 2.05) is 6.92 Å². The second kappa shape index (κ2) is 3.18. The van der Waals surface area contributed by atoms with Gasteiger partial charge in [-0.2, -0.15) is 0 Å². The smallest absolute Gasteiger partial charge is 0.0714 e. The summed E-state index contributed by atoms with van der Waals surface area (Å²) in [5.41, 5.74) is 0. The Hall–Kier alpha value is -0.0800. The van der Waals surface area contributed by atoms with E-state index in [2.05, 4.69) is 12.2 Å². The van der Waals surface area contributed by atoms with Gasteiger partial charge in [0.25, 0.3) is 0 Å². The van der Waals surface area contributed by atoms with Gasteiger partial charge >= 0.3 is 0 Å². The molecule has 0 aliphatic carbocycles. The minimum atomic E-state index is 0.477. The molecule has 0 radical (unpaired) electrons. The fraction of sp³-hybridized carbons (Fsp3) is 1.00. The molecule has 2 atom stereocenters. The lowest BCUT2D eigenvalue weighted by molar-refractivity contribution is 0.0761. The Bertz CT molecular complexity index is 83.0. The van der Waals surface area contributed by atoms with Gasteiger partial charge in [0.2, 0.25) is 0 Å². The third-order valence-electron chi connectivity index (χ3n) is 1.71. The van der Waals surface area contributed by atoms with Crippen molar-refractivity contribution in [2.75, 3.05) is 13.2 Å². The molecule has 0 unspecified atom stereocenters. The highest BCUT2D eigenvalue weighted by Gasteiger charge is 2.19. The fourth-order valence-electron chi connectivity index (χ4n) is 1.26. The van der Waals surface area contributed by atoms with Gasteiger partial charge in [0.1, 0.15) is 0 Å². The van der Waals surface area contributed by atoms with Crippen molar-refractivity contribution in [1.29, 1.82) is 0 Å². The monoisotopic (exact) mass is 129 g/mol. The first-order valence-corrected chi connectivity index (χ1v) is 3.68. The summed E-state index contributed by atoms with van der Waals surface area (Å²) in [4.78, 5) is 0. The maximum Gasteiger partial charge on any atom is 0.0714 e. The molecule has 0 bridgehead atoms. The van der Waals surface area contributed by atoms with E-state index in [4.69, 9.17) is 4.74 Å². The zero-order valence-corrected chi connectivity index (χ0v) is 6.18. The molecule has 0 saturated carbocycles. The highest BCUT2D eigenvalue weighted by Crippen LogP contribution is 2.08. The standard InChI is InChI=1S/C7H15NO/c1-3-9-7-4-6(2)8-5-7/h6-8H,3-5H2,1-2H3/t6-,7-/m1/s1. The van der Waals surface area contributed by atoms with Crippen molar-refractivity contribution >= 4 is 0 Å². The molecule has 2 nitrogen and oxygen atoms in total. The normalized spacial score (nSPS) is 35.3. The van der Waals surface area contributed by atoms with Gasteiger partial charge in [0.15, 0.2) is 0 Å². The molecule has 1 aliphatic heterocycles. The van der Waals surface area contributed by atoms with Crippen LogP contribution in [0.25, 0.3) is 0 Å². The van der Waals surface area contributed by atoms with Crippen molar-refractivity contribution in [1.82, 2.24) is 5.32 Å². The second-order valence-electron chi connectivity index (χ2n) is 2.62. The first-order chi connectivity index (χ1) is 4.33. The van der Waals surface area contributed by atoms with Gasteiger partial charge in [-0.1, -0.05) is 0 Å². The number of hydrogen-bond donors (Lipinski definition) is 1. The summed E-state index contributed by atoms with van der Waals surface area (Å²) in [5, 5.41) is 3.33. The van der Waals surface area contributed by atoms with Gasteiger partial charge in [0, 0.05) is 19.2 Å². The van der Waals surface area contributed by atoms with Crippen molar-refractivity contribution in [3.8, 4) is 0 Å². The molecule has 1 fully saturated rings. The summed E-state index contributed by atoms with van der Waals surface area (Å²) >= 11 is 0. The van der Waals surface area contributed by atoms with E-state index in [1.165, 1.54) is 6.42 Å². The molecule has 2 heteroatoms. The maximum absolute atomic E-state index is 5.41. The average Bonchev–Trinajstić information content (AvgIpc) is 2.17. The molecule has 1 heterocycles. The summed E-state index contributed by atoms with van der Waals surface area (Å²) in [7, 11) is 0. The van der Waals surface area contributed by atoms with Crippen molar-refractivity contribution in [2.24, 2.45) is 0 Å². The van der Waals surface area contributed by atoms with E-state index in [1.54, 1.807) is 0 Å². The average molecular weight is 129 g/mol. The molecule has 0 spiro atoms. The molecule has 1 rings (SSSR count). The molecule has 1 N–H and O–H groups in total. The highest BCUT2D eigenvalue weighted by molar-refractivity contribution is 4.78. The van der Waals surface area contributed by atoms with Crippen molar-refractivity contribution in [2.45, 2.75) is 32.4 Å². The van der Waals surface area contributed by atoms with Crippen molar-refractivity contribution in [3.05, 3.63) is 0 Å². The van der Waals surface area contributed by atoms with E-state index >= 15 is 0 Å². The van der Waals surface area contributed by atoms with E-state index in [0.717, 1.165) is 13.2 Å². The first-order valence-electron chi connectivity index (χ1n) is 3.68. The number of rotatable bonds is 2. The van der Waals surface area contributed by atoms with Crippen LogP contribution in [-0.4, -0.2) is 25.3 Å². The minimum absolute atomic E-state index is 0.477. The van der Waals surface area contributed by atoms with E-state index < -0.39 is 0 Å². The highest BCUT2D eigenvalue weighted by atomic mass is 16.5. The molecule has 54 valence electrons. The van der Waals surface area contributed by atoms with Crippen LogP contribution in [-0.2, 0) is 4.74 Å². The molecular weight excluding hydrogens is 114 g/mol. The van der Waals surface area contributed by atoms with Crippen LogP contribution in [0.1, 0.15) is 20.3 Å². The summed E-state index contributed by atoms with van der Waals surface area (Å²) in [5.74, 6) is 0. The van der Waals surface area contributed by atoms with Gasteiger partial charge in [-0.15, -0.1) is 0 Å². The third kappa shape index (κ3) is 1.95. The first kappa shape index (κ1) is 7.03. The molecular formula is C7H15NO. The predicted molar refractivity (Wildman–Crippen MR) is 37.5 cm³/mol. The van der Waals surface area contributed by atoms with Gasteiger partial charge in [-0.05, 0) is 20.3 Å². The SMILES string of the molecule is CCO[C@H]1CN[C@H](C)C1. The predicted octanol–water partition coefficient (Wildman–Crippen LogP) is 0.773. The maximum atomic E-state index is 5.41. The molecule has 0 aromatic heterocycles. The minimum Gasteiger partial charge on any atom is -0.377 e. The summed E-state index contributed by atoms with van der Waals surface area (Å²) < 4.78 is 5.41. The molecule has 0 amide bonds. The Morgan fingerprint density at radius 2 is 2.44 bits per heavy atom. The van der Waals surface area contributed by atoms with Crippen LogP contribution in [0.5, 0.6) is 0 Å². The Kier molecular flexibility index (Phi) is 2.49. The van der Waals surface area contributed by atoms with Gasteiger partial charge < -0.3 is 10.1 Å². The summed E-state index contributed by atoms with van der Waals surface area (Å²) in [6, 6.07) is 0.654. The van der Waals surface area contributed by atoms with Crippen LogP contribution in [0.15, 0.2) is 0 Å². The zero-order chi connectivity index (χ0) is 6.69. The largest absolute Gasteiger partial charge is 0.377 e. The Morgan fingerprint density at radius 1 is 1.67 bits per heavy atom. The van der Waals surface area contributed by atoms with Crippen LogP contribution >= 0.6 is 0 Å². The topological polar surface area (TPSA) is 21.3 Å². The Labute approximate surface area is 56.6 Å². The van der Waals surface area contributed by atoms with Crippen LogP contribution in [0.4, 0.5) is 0 Å². The molecule has 1 aliphatic rings. The molecule has 1 saturated heterocycles. The fourth-order valence-corrected chi connectivity index (χ4v) is 1.26. The van der Waals surface area contributed by atoms with Gasteiger partial charge in [-0.25, -0.2) is 0 Å². The molecule has 0 aromatic rings. The number of nitrogens with one attached hydrogen (secondary N) is 1. The van der Waals surface area contributed by atoms with Crippen LogP contribution in [0, 0.1) is 0 Å².